The lowest BCUT2D eigenvalue weighted by atomic mass is 9.53. The van der Waals surface area contributed by atoms with Gasteiger partial charge in [-0.3, -0.25) is 4.79 Å². The van der Waals surface area contributed by atoms with Gasteiger partial charge in [-0.25, -0.2) is 8.78 Å². The molecular weight excluding hydrogens is 472 g/mol. The largest absolute Gasteiger partial charge is 0.363 e. The molecule has 37 heavy (non-hydrogen) atoms. The predicted octanol–water partition coefficient (Wildman–Crippen LogP) is 5.89. The molecule has 0 atom stereocenters. The second kappa shape index (κ2) is 8.01. The fourth-order valence-corrected chi connectivity index (χ4v) is 7.47. The summed E-state index contributed by atoms with van der Waals surface area (Å²) in [5.74, 6) is 1.12. The maximum absolute atomic E-state index is 15.2. The maximum atomic E-state index is 15.2. The molecule has 0 spiro atoms. The summed E-state index contributed by atoms with van der Waals surface area (Å²) < 4.78 is 30.3. The summed E-state index contributed by atoms with van der Waals surface area (Å²) >= 11 is 0. The van der Waals surface area contributed by atoms with Crippen molar-refractivity contribution in [1.82, 2.24) is 14.6 Å². The van der Waals surface area contributed by atoms with E-state index in [0.29, 0.717) is 51.6 Å². The molecule has 8 rings (SSSR count). The van der Waals surface area contributed by atoms with Crippen molar-refractivity contribution in [3.8, 4) is 28.5 Å². The SMILES string of the molecule is N#Cc1ccc(-c2cc(=O)n3nc(NC45CC6CC(CC(C6)C4)C5)c(-c4ccc(F)cc4F)c3[nH]2)cc1. The van der Waals surface area contributed by atoms with Crippen molar-refractivity contribution in [2.75, 3.05) is 5.32 Å². The van der Waals surface area contributed by atoms with Gasteiger partial charge in [0.15, 0.2) is 5.82 Å². The van der Waals surface area contributed by atoms with Crippen molar-refractivity contribution in [2.24, 2.45) is 17.8 Å². The molecule has 8 heteroatoms. The van der Waals surface area contributed by atoms with Crippen LogP contribution < -0.4 is 10.9 Å². The average molecular weight is 498 g/mol. The number of halogens is 2. The van der Waals surface area contributed by atoms with E-state index in [0.717, 1.165) is 25.3 Å². The Kier molecular flexibility index (Phi) is 4.81. The van der Waals surface area contributed by atoms with E-state index in [1.807, 2.05) is 0 Å². The molecular formula is C29H25F2N5O. The minimum Gasteiger partial charge on any atom is -0.363 e. The molecule has 4 saturated carbocycles. The van der Waals surface area contributed by atoms with Crippen LogP contribution in [0, 0.1) is 40.7 Å². The Balaban J connectivity index is 1.41. The summed E-state index contributed by atoms with van der Waals surface area (Å²) in [6, 6.07) is 13.9. The zero-order valence-corrected chi connectivity index (χ0v) is 20.1. The summed E-state index contributed by atoms with van der Waals surface area (Å²) in [6.45, 7) is 0. The average Bonchev–Trinajstić information content (AvgIpc) is 3.21. The number of fused-ring (bicyclic) bond motifs is 1. The third-order valence-electron chi connectivity index (χ3n) is 8.56. The first-order valence-corrected chi connectivity index (χ1v) is 12.8. The van der Waals surface area contributed by atoms with Gasteiger partial charge in [-0.05, 0) is 86.1 Å². The van der Waals surface area contributed by atoms with Crippen LogP contribution in [0.4, 0.5) is 14.6 Å². The van der Waals surface area contributed by atoms with Crippen LogP contribution >= 0.6 is 0 Å². The van der Waals surface area contributed by atoms with Crippen molar-refractivity contribution in [1.29, 1.82) is 5.26 Å². The van der Waals surface area contributed by atoms with Gasteiger partial charge >= 0.3 is 0 Å². The molecule has 4 fully saturated rings. The number of hydrogen-bond acceptors (Lipinski definition) is 4. The van der Waals surface area contributed by atoms with Crippen molar-refractivity contribution in [3.63, 3.8) is 0 Å². The molecule has 2 aromatic carbocycles. The fourth-order valence-electron chi connectivity index (χ4n) is 7.47. The number of nitriles is 1. The highest BCUT2D eigenvalue weighted by atomic mass is 19.1. The van der Waals surface area contributed by atoms with Gasteiger partial charge in [0, 0.05) is 23.2 Å². The zero-order chi connectivity index (χ0) is 25.3. The van der Waals surface area contributed by atoms with Crippen LogP contribution in [0.1, 0.15) is 44.1 Å². The molecule has 2 aromatic heterocycles. The van der Waals surface area contributed by atoms with Gasteiger partial charge in [0.2, 0.25) is 0 Å². The zero-order valence-electron chi connectivity index (χ0n) is 20.1. The first-order valence-electron chi connectivity index (χ1n) is 12.8. The highest BCUT2D eigenvalue weighted by Gasteiger charge is 2.51. The topological polar surface area (TPSA) is 86.0 Å². The van der Waals surface area contributed by atoms with E-state index in [2.05, 4.69) is 21.5 Å². The minimum atomic E-state index is -0.715. The fraction of sp³-hybridized carbons (Fsp3) is 0.345. The van der Waals surface area contributed by atoms with E-state index < -0.39 is 11.6 Å². The molecule has 2 N–H and O–H groups in total. The molecule has 0 saturated heterocycles. The molecule has 4 bridgehead atoms. The van der Waals surface area contributed by atoms with Crippen LogP contribution in [0.2, 0.25) is 0 Å². The van der Waals surface area contributed by atoms with Gasteiger partial charge in [0.25, 0.3) is 5.56 Å². The highest BCUT2D eigenvalue weighted by molar-refractivity contribution is 5.88. The van der Waals surface area contributed by atoms with Crippen LogP contribution in [-0.2, 0) is 0 Å². The monoisotopic (exact) mass is 497 g/mol. The summed E-state index contributed by atoms with van der Waals surface area (Å²) in [5.41, 5.74) is 2.18. The highest BCUT2D eigenvalue weighted by Crippen LogP contribution is 2.57. The van der Waals surface area contributed by atoms with Gasteiger partial charge in [0.1, 0.15) is 17.3 Å². The van der Waals surface area contributed by atoms with Crippen LogP contribution in [0.25, 0.3) is 28.0 Å². The summed E-state index contributed by atoms with van der Waals surface area (Å²) in [4.78, 5) is 16.5. The van der Waals surface area contributed by atoms with Crippen molar-refractivity contribution in [2.45, 2.75) is 44.1 Å². The van der Waals surface area contributed by atoms with Gasteiger partial charge in [0.05, 0.1) is 22.9 Å². The summed E-state index contributed by atoms with van der Waals surface area (Å²) in [7, 11) is 0. The Bertz CT molecular complexity index is 1610. The van der Waals surface area contributed by atoms with E-state index >= 15 is 4.39 Å². The number of anilines is 1. The van der Waals surface area contributed by atoms with Gasteiger partial charge in [-0.15, -0.1) is 5.10 Å². The number of H-pyrrole nitrogens is 1. The molecule has 186 valence electrons. The van der Waals surface area contributed by atoms with Crippen LogP contribution in [0.15, 0.2) is 53.3 Å². The van der Waals surface area contributed by atoms with E-state index in [4.69, 9.17) is 5.26 Å². The minimum absolute atomic E-state index is 0.128. The molecule has 0 aliphatic heterocycles. The molecule has 0 amide bonds. The Morgan fingerprint density at radius 3 is 2.30 bits per heavy atom. The number of nitrogens with one attached hydrogen (secondary N) is 2. The normalized spacial score (nSPS) is 25.9. The number of hydrogen-bond donors (Lipinski definition) is 2. The molecule has 4 aliphatic carbocycles. The molecule has 0 radical (unpaired) electrons. The Morgan fingerprint density at radius 2 is 1.68 bits per heavy atom. The van der Waals surface area contributed by atoms with E-state index in [-0.39, 0.29) is 16.7 Å². The predicted molar refractivity (Wildman–Crippen MR) is 136 cm³/mol. The lowest BCUT2D eigenvalue weighted by molar-refractivity contribution is 0.0105. The standard InChI is InChI=1S/C29H25F2N5O/c30-21-5-6-22(23(31)10-21)26-27(34-29-12-17-7-18(13-29)9-19(8-17)14-29)35-36-25(37)11-24(33-28(26)36)20-3-1-16(15-32)2-4-20/h1-6,10-11,17-19,33H,7-9,12-14H2,(H,34,35). The first kappa shape index (κ1) is 22.2. The number of rotatable bonds is 4. The molecule has 2 heterocycles. The van der Waals surface area contributed by atoms with Crippen LogP contribution in [-0.4, -0.2) is 20.1 Å². The second-order valence-corrected chi connectivity index (χ2v) is 11.1. The van der Waals surface area contributed by atoms with Crippen molar-refractivity contribution < 1.29 is 8.78 Å². The van der Waals surface area contributed by atoms with Crippen molar-refractivity contribution >= 4 is 11.5 Å². The summed E-state index contributed by atoms with van der Waals surface area (Å²) in [5, 5.41) is 17.5. The van der Waals surface area contributed by atoms with Crippen LogP contribution in [0.3, 0.4) is 0 Å². The van der Waals surface area contributed by atoms with Crippen molar-refractivity contribution in [3.05, 3.63) is 76.1 Å². The maximum Gasteiger partial charge on any atom is 0.274 e. The molecule has 4 aliphatic rings. The van der Waals surface area contributed by atoms with E-state index in [1.54, 1.807) is 24.3 Å². The third-order valence-corrected chi connectivity index (χ3v) is 8.56. The number of aromatic nitrogens is 3. The third kappa shape index (κ3) is 3.64. The lowest BCUT2D eigenvalue weighted by Gasteiger charge is -2.57. The Hall–Kier alpha value is -3.99. The number of benzene rings is 2. The number of aromatic amines is 1. The van der Waals surface area contributed by atoms with E-state index in [1.165, 1.54) is 42.0 Å². The van der Waals surface area contributed by atoms with E-state index in [9.17, 15) is 9.18 Å². The van der Waals surface area contributed by atoms with Gasteiger partial charge in [-0.1, -0.05) is 12.1 Å². The lowest BCUT2D eigenvalue weighted by Crippen LogP contribution is -2.54. The quantitative estimate of drug-likeness (QED) is 0.368. The Labute approximate surface area is 212 Å². The van der Waals surface area contributed by atoms with Gasteiger partial charge in [-0.2, -0.15) is 9.78 Å². The molecule has 4 aromatic rings. The smallest absolute Gasteiger partial charge is 0.274 e. The molecule has 6 nitrogen and oxygen atoms in total. The Morgan fingerprint density at radius 1 is 1.00 bits per heavy atom. The second-order valence-electron chi connectivity index (χ2n) is 11.1. The summed E-state index contributed by atoms with van der Waals surface area (Å²) in [6.07, 6.45) is 6.96. The first-order chi connectivity index (χ1) is 17.9. The number of nitrogens with zero attached hydrogens (tertiary/aromatic N) is 3. The van der Waals surface area contributed by atoms with Crippen LogP contribution in [0.5, 0.6) is 0 Å². The van der Waals surface area contributed by atoms with Gasteiger partial charge < -0.3 is 10.3 Å². The molecule has 0 unspecified atom stereocenters.